The Balaban J connectivity index is 1.98. The largest absolute Gasteiger partial charge is 0.451 e. The highest BCUT2D eigenvalue weighted by atomic mass is 19.1. The van der Waals surface area contributed by atoms with Crippen molar-refractivity contribution in [3.8, 4) is 0 Å². The maximum absolute atomic E-state index is 13.0. The topological polar surface area (TPSA) is 75.7 Å². The van der Waals surface area contributed by atoms with E-state index in [1.165, 1.54) is 31.2 Å². The Kier molecular flexibility index (Phi) is 6.71. The van der Waals surface area contributed by atoms with E-state index in [1.54, 1.807) is 18.7 Å². The van der Waals surface area contributed by atoms with Crippen molar-refractivity contribution < 1.29 is 23.5 Å². The summed E-state index contributed by atoms with van der Waals surface area (Å²) in [6.45, 7) is 6.43. The van der Waals surface area contributed by atoms with Crippen LogP contribution in [-0.4, -0.2) is 47.9 Å². The molecule has 0 bridgehead atoms. The summed E-state index contributed by atoms with van der Waals surface area (Å²) in [6.07, 6.45) is 1.01. The van der Waals surface area contributed by atoms with Gasteiger partial charge in [-0.05, 0) is 49.9 Å². The highest BCUT2D eigenvalue weighted by molar-refractivity contribution is 5.97. The number of hydrogen-bond acceptors (Lipinski definition) is 4. The molecular weight excluding hydrogens is 339 g/mol. The van der Waals surface area contributed by atoms with Crippen LogP contribution in [0.5, 0.6) is 0 Å². The van der Waals surface area contributed by atoms with Gasteiger partial charge in [0.15, 0.2) is 6.10 Å². The average Bonchev–Trinajstić information content (AvgIpc) is 3.13. The first-order valence-corrected chi connectivity index (χ1v) is 8.85. The lowest BCUT2D eigenvalue weighted by Crippen LogP contribution is -2.48. The van der Waals surface area contributed by atoms with Crippen molar-refractivity contribution >= 4 is 17.8 Å². The summed E-state index contributed by atoms with van der Waals surface area (Å²) in [5.74, 6) is -2.06. The van der Waals surface area contributed by atoms with Crippen LogP contribution in [0.2, 0.25) is 0 Å². The summed E-state index contributed by atoms with van der Waals surface area (Å²) >= 11 is 0. The summed E-state index contributed by atoms with van der Waals surface area (Å²) in [4.78, 5) is 38.7. The van der Waals surface area contributed by atoms with Crippen LogP contribution in [0.25, 0.3) is 0 Å². The number of hydrogen-bond donors (Lipinski definition) is 1. The Labute approximate surface area is 152 Å². The summed E-state index contributed by atoms with van der Waals surface area (Å²) in [6, 6.07) is 4.13. The Morgan fingerprint density at radius 3 is 2.19 bits per heavy atom. The first-order valence-electron chi connectivity index (χ1n) is 8.85. The predicted molar refractivity (Wildman–Crippen MR) is 93.9 cm³/mol. The molecule has 0 unspecified atom stereocenters. The van der Waals surface area contributed by atoms with Crippen LogP contribution in [0.15, 0.2) is 24.3 Å². The van der Waals surface area contributed by atoms with Gasteiger partial charge in [-0.2, -0.15) is 0 Å². The first-order chi connectivity index (χ1) is 12.3. The fourth-order valence-corrected chi connectivity index (χ4v) is 2.82. The first kappa shape index (κ1) is 19.9. The zero-order valence-electron chi connectivity index (χ0n) is 15.3. The number of esters is 1. The molecule has 1 N–H and O–H groups in total. The monoisotopic (exact) mass is 364 g/mol. The number of rotatable bonds is 6. The fraction of sp³-hybridized carbons (Fsp3) is 0.526. The second kappa shape index (κ2) is 8.78. The molecule has 1 saturated heterocycles. The molecule has 142 valence electrons. The predicted octanol–water partition coefficient (Wildman–Crippen LogP) is 2.13. The SMILES string of the molecule is CC(C)[C@H](NC(=O)c1ccc(F)cc1)C(=O)O[C@@H](C)C(=O)N1CCCC1. The van der Waals surface area contributed by atoms with E-state index >= 15 is 0 Å². The van der Waals surface area contributed by atoms with E-state index in [-0.39, 0.29) is 17.4 Å². The van der Waals surface area contributed by atoms with Crippen LogP contribution in [0.4, 0.5) is 4.39 Å². The molecule has 0 radical (unpaired) electrons. The molecule has 1 aromatic rings. The van der Waals surface area contributed by atoms with Crippen molar-refractivity contribution in [1.82, 2.24) is 10.2 Å². The third kappa shape index (κ3) is 5.03. The molecule has 1 fully saturated rings. The minimum Gasteiger partial charge on any atom is -0.451 e. The van der Waals surface area contributed by atoms with Crippen molar-refractivity contribution in [3.63, 3.8) is 0 Å². The van der Waals surface area contributed by atoms with E-state index < -0.39 is 29.8 Å². The van der Waals surface area contributed by atoms with E-state index in [0.717, 1.165) is 12.8 Å². The number of carbonyl (C=O) groups excluding carboxylic acids is 3. The van der Waals surface area contributed by atoms with Crippen LogP contribution >= 0.6 is 0 Å². The standard InChI is InChI=1S/C19H25FN2O4/c1-12(2)16(21-17(23)14-6-8-15(20)9-7-14)19(25)26-13(3)18(24)22-10-4-5-11-22/h6-9,12-13,16H,4-5,10-11H2,1-3H3,(H,21,23)/t13-,16-/m0/s1. The van der Waals surface area contributed by atoms with E-state index in [1.807, 2.05) is 0 Å². The minimum atomic E-state index is -0.901. The molecule has 0 aliphatic carbocycles. The number of amides is 2. The molecule has 2 amide bonds. The molecule has 26 heavy (non-hydrogen) atoms. The number of likely N-dealkylation sites (tertiary alicyclic amines) is 1. The molecule has 0 saturated carbocycles. The second-order valence-electron chi connectivity index (χ2n) is 6.81. The molecule has 6 nitrogen and oxygen atoms in total. The molecule has 1 aromatic carbocycles. The third-order valence-electron chi connectivity index (χ3n) is 4.37. The van der Waals surface area contributed by atoms with Crippen LogP contribution in [0.3, 0.4) is 0 Å². The molecule has 1 aliphatic heterocycles. The zero-order valence-corrected chi connectivity index (χ0v) is 15.3. The van der Waals surface area contributed by atoms with E-state index in [0.29, 0.717) is 13.1 Å². The number of benzene rings is 1. The Morgan fingerprint density at radius 1 is 1.08 bits per heavy atom. The summed E-state index contributed by atoms with van der Waals surface area (Å²) in [5.41, 5.74) is 0.242. The van der Waals surface area contributed by atoms with Gasteiger partial charge in [-0.15, -0.1) is 0 Å². The molecular formula is C19H25FN2O4. The number of nitrogens with zero attached hydrogens (tertiary/aromatic N) is 1. The van der Waals surface area contributed by atoms with Crippen molar-refractivity contribution in [2.45, 2.75) is 45.8 Å². The van der Waals surface area contributed by atoms with Gasteiger partial charge in [0.1, 0.15) is 11.9 Å². The Hall–Kier alpha value is -2.44. The molecule has 2 rings (SSSR count). The number of halogens is 1. The maximum Gasteiger partial charge on any atom is 0.329 e. The molecule has 7 heteroatoms. The van der Waals surface area contributed by atoms with Crippen molar-refractivity contribution in [2.75, 3.05) is 13.1 Å². The normalized spacial score (nSPS) is 16.3. The minimum absolute atomic E-state index is 0.219. The van der Waals surface area contributed by atoms with Gasteiger partial charge in [0.25, 0.3) is 11.8 Å². The van der Waals surface area contributed by atoms with Crippen molar-refractivity contribution in [2.24, 2.45) is 5.92 Å². The van der Waals surface area contributed by atoms with Gasteiger partial charge in [-0.1, -0.05) is 13.8 Å². The molecule has 1 heterocycles. The zero-order chi connectivity index (χ0) is 19.3. The van der Waals surface area contributed by atoms with Gasteiger partial charge in [0, 0.05) is 18.7 Å². The molecule has 0 aromatic heterocycles. The van der Waals surface area contributed by atoms with Crippen molar-refractivity contribution in [1.29, 1.82) is 0 Å². The third-order valence-corrected chi connectivity index (χ3v) is 4.37. The number of carbonyl (C=O) groups is 3. The van der Waals surface area contributed by atoms with E-state index in [9.17, 15) is 18.8 Å². The smallest absolute Gasteiger partial charge is 0.329 e. The summed E-state index contributed by atoms with van der Waals surface area (Å²) < 4.78 is 18.3. The highest BCUT2D eigenvalue weighted by Gasteiger charge is 2.31. The molecule has 0 spiro atoms. The van der Waals surface area contributed by atoms with Crippen LogP contribution in [-0.2, 0) is 14.3 Å². The molecule has 2 atom stereocenters. The van der Waals surface area contributed by atoms with Crippen molar-refractivity contribution in [3.05, 3.63) is 35.6 Å². The lowest BCUT2D eigenvalue weighted by molar-refractivity contribution is -0.161. The lowest BCUT2D eigenvalue weighted by atomic mass is 10.0. The van der Waals surface area contributed by atoms with Gasteiger partial charge < -0.3 is 15.0 Å². The Bertz CT molecular complexity index is 654. The van der Waals surface area contributed by atoms with Crippen LogP contribution in [0.1, 0.15) is 44.0 Å². The quantitative estimate of drug-likeness (QED) is 0.785. The maximum atomic E-state index is 13.0. The lowest BCUT2D eigenvalue weighted by Gasteiger charge is -2.25. The molecule has 1 aliphatic rings. The highest BCUT2D eigenvalue weighted by Crippen LogP contribution is 2.13. The van der Waals surface area contributed by atoms with Crippen LogP contribution in [0, 0.1) is 11.7 Å². The van der Waals surface area contributed by atoms with Gasteiger partial charge in [0.2, 0.25) is 0 Å². The van der Waals surface area contributed by atoms with E-state index in [4.69, 9.17) is 4.74 Å². The summed E-state index contributed by atoms with van der Waals surface area (Å²) in [7, 11) is 0. The number of nitrogens with one attached hydrogen (secondary N) is 1. The average molecular weight is 364 g/mol. The second-order valence-corrected chi connectivity index (χ2v) is 6.81. The van der Waals surface area contributed by atoms with Gasteiger partial charge >= 0.3 is 5.97 Å². The summed E-state index contributed by atoms with van der Waals surface area (Å²) in [5, 5.41) is 2.60. The Morgan fingerprint density at radius 2 is 1.65 bits per heavy atom. The van der Waals surface area contributed by atoms with E-state index in [2.05, 4.69) is 5.32 Å². The van der Waals surface area contributed by atoms with Gasteiger partial charge in [-0.3, -0.25) is 9.59 Å². The van der Waals surface area contributed by atoms with Gasteiger partial charge in [-0.25, -0.2) is 9.18 Å². The van der Waals surface area contributed by atoms with Crippen LogP contribution < -0.4 is 5.32 Å². The fourth-order valence-electron chi connectivity index (χ4n) is 2.82. The number of ether oxygens (including phenoxy) is 1. The van der Waals surface area contributed by atoms with Gasteiger partial charge in [0.05, 0.1) is 0 Å².